The van der Waals surface area contributed by atoms with E-state index in [1.165, 1.54) is 14.0 Å². The van der Waals surface area contributed by atoms with Gasteiger partial charge in [0.05, 0.1) is 0 Å². The van der Waals surface area contributed by atoms with Gasteiger partial charge >= 0.3 is 50.7 Å². The van der Waals surface area contributed by atoms with E-state index >= 15 is 0 Å². The Morgan fingerprint density at radius 1 is 0.615 bits per heavy atom. The van der Waals surface area contributed by atoms with Crippen molar-refractivity contribution >= 4 is 17.4 Å². The standard InChI is InChI=1S/C15H13NO3.C14H13NO2.CH4.2Ag/c1-11(17)19-16-15(12-7-3-2-4-8-12)13-9-5-6-10-14(13)18;1-17-15-14(11-7-3-2-4-8-11)12-9-5-6-10-13(12)16;;;/h2-10,18H,1H3;2-10,16H,1H3;1H4;;/q;;;2*+1. The minimum Gasteiger partial charge on any atom is -0.507 e. The largest absolute Gasteiger partial charge is 1.00 e. The fourth-order valence-corrected chi connectivity index (χ4v) is 3.26. The summed E-state index contributed by atoms with van der Waals surface area (Å²) in [5, 5.41) is 27.5. The van der Waals surface area contributed by atoms with Crippen molar-refractivity contribution in [2.45, 2.75) is 14.4 Å². The van der Waals surface area contributed by atoms with Gasteiger partial charge in [0.15, 0.2) is 0 Å². The molecule has 0 aliphatic carbocycles. The fourth-order valence-electron chi connectivity index (χ4n) is 3.26. The minimum absolute atomic E-state index is 0. The second-order valence-electron chi connectivity index (χ2n) is 7.41. The number of rotatable bonds is 6. The summed E-state index contributed by atoms with van der Waals surface area (Å²) in [4.78, 5) is 20.5. The third-order valence-corrected chi connectivity index (χ3v) is 4.86. The van der Waals surface area contributed by atoms with Gasteiger partial charge in [-0.2, -0.15) is 0 Å². The summed E-state index contributed by atoms with van der Waals surface area (Å²) in [6.07, 6.45) is 0. The molecule has 4 aromatic rings. The van der Waals surface area contributed by atoms with E-state index < -0.39 is 5.97 Å². The Morgan fingerprint density at radius 2 is 0.974 bits per heavy atom. The molecule has 4 aromatic carbocycles. The number of carbonyl (C=O) groups is 1. The molecule has 0 saturated carbocycles. The molecule has 9 heteroatoms. The van der Waals surface area contributed by atoms with Gasteiger partial charge in [-0.25, -0.2) is 4.79 Å². The molecule has 0 atom stereocenters. The van der Waals surface area contributed by atoms with E-state index in [9.17, 15) is 15.0 Å². The Morgan fingerprint density at radius 3 is 1.33 bits per heavy atom. The van der Waals surface area contributed by atoms with E-state index in [2.05, 4.69) is 10.3 Å². The van der Waals surface area contributed by atoms with Crippen LogP contribution in [0.3, 0.4) is 0 Å². The molecule has 2 N–H and O–H groups in total. The van der Waals surface area contributed by atoms with Gasteiger partial charge in [-0.15, -0.1) is 0 Å². The number of hydrogen-bond donors (Lipinski definition) is 2. The summed E-state index contributed by atoms with van der Waals surface area (Å²) in [6.45, 7) is 1.27. The van der Waals surface area contributed by atoms with Gasteiger partial charge in [-0.1, -0.05) is 103 Å². The zero-order valence-corrected chi connectivity index (χ0v) is 23.5. The maximum atomic E-state index is 10.9. The Balaban J connectivity index is 0.000000691. The van der Waals surface area contributed by atoms with Crippen LogP contribution in [0.5, 0.6) is 11.5 Å². The quantitative estimate of drug-likeness (QED) is 0.108. The summed E-state index contributed by atoms with van der Waals surface area (Å²) < 4.78 is 0. The molecule has 0 fully saturated rings. The van der Waals surface area contributed by atoms with Crippen LogP contribution in [0.15, 0.2) is 120 Å². The monoisotopic (exact) mass is 712 g/mol. The van der Waals surface area contributed by atoms with Crippen molar-refractivity contribution in [1.82, 2.24) is 0 Å². The number of nitrogens with zero attached hydrogens (tertiary/aromatic N) is 2. The van der Waals surface area contributed by atoms with Gasteiger partial charge < -0.3 is 19.9 Å². The van der Waals surface area contributed by atoms with Gasteiger partial charge in [0.2, 0.25) is 0 Å². The first-order chi connectivity index (χ1) is 17.5. The summed E-state index contributed by atoms with van der Waals surface area (Å²) in [6, 6.07) is 32.6. The van der Waals surface area contributed by atoms with Crippen molar-refractivity contribution in [3.8, 4) is 11.5 Å². The van der Waals surface area contributed by atoms with Crippen LogP contribution in [0.2, 0.25) is 0 Å². The van der Waals surface area contributed by atoms with Crippen LogP contribution in [-0.4, -0.2) is 34.7 Å². The molecular formula is C30H30Ag2N2O5+2. The van der Waals surface area contributed by atoms with Crippen LogP contribution in [0.4, 0.5) is 0 Å². The van der Waals surface area contributed by atoms with Crippen molar-refractivity contribution in [1.29, 1.82) is 0 Å². The first kappa shape index (κ1) is 35.6. The Bertz CT molecular complexity index is 1350. The maximum Gasteiger partial charge on any atom is 1.00 e. The number of aromatic hydroxyl groups is 2. The number of hydrogen-bond acceptors (Lipinski definition) is 7. The predicted molar refractivity (Wildman–Crippen MR) is 146 cm³/mol. The SMILES string of the molecule is C.CC(=O)ON=C(c1ccccc1)c1ccccc1O.CON=C(c1ccccc1)c1ccccc1O.[Ag+].[Ag+]. The van der Waals surface area contributed by atoms with Gasteiger partial charge in [0.25, 0.3) is 0 Å². The number of carbonyl (C=O) groups excluding carboxylic acids is 1. The normalized spacial score (nSPS) is 10.3. The molecule has 4 rings (SSSR count). The molecule has 0 aliphatic rings. The van der Waals surface area contributed by atoms with Crippen LogP contribution in [0.1, 0.15) is 36.6 Å². The van der Waals surface area contributed by atoms with E-state index in [-0.39, 0.29) is 63.7 Å². The third-order valence-electron chi connectivity index (χ3n) is 4.86. The molecule has 0 unspecified atom stereocenters. The van der Waals surface area contributed by atoms with Crippen LogP contribution >= 0.6 is 0 Å². The molecule has 7 nitrogen and oxygen atoms in total. The molecule has 0 spiro atoms. The van der Waals surface area contributed by atoms with Crippen LogP contribution in [-0.2, 0) is 59.2 Å². The van der Waals surface area contributed by atoms with E-state index in [0.29, 0.717) is 22.6 Å². The number of phenolic OH excluding ortho intramolecular Hbond substituents is 2. The van der Waals surface area contributed by atoms with Gasteiger partial charge in [0.1, 0.15) is 30.0 Å². The summed E-state index contributed by atoms with van der Waals surface area (Å²) in [7, 11) is 1.49. The van der Waals surface area contributed by atoms with Crippen molar-refractivity contribution in [3.63, 3.8) is 0 Å². The average molecular weight is 714 g/mol. The van der Waals surface area contributed by atoms with E-state index in [0.717, 1.165) is 11.1 Å². The molecule has 0 aromatic heterocycles. The number of oxime groups is 2. The summed E-state index contributed by atoms with van der Waals surface area (Å²) in [5.74, 6) is -0.242. The van der Waals surface area contributed by atoms with Crippen LogP contribution < -0.4 is 0 Å². The zero-order chi connectivity index (χ0) is 25.8. The number of phenols is 2. The van der Waals surface area contributed by atoms with E-state index in [1.807, 2.05) is 66.7 Å². The van der Waals surface area contributed by atoms with Crippen molar-refractivity contribution in [2.75, 3.05) is 7.11 Å². The minimum atomic E-state index is -0.510. The fraction of sp³-hybridized carbons (Fsp3) is 0.100. The molecule has 0 amide bonds. The second-order valence-corrected chi connectivity index (χ2v) is 7.41. The third kappa shape index (κ3) is 10.7. The first-order valence-corrected chi connectivity index (χ1v) is 11.1. The second kappa shape index (κ2) is 18.8. The Hall–Kier alpha value is -3.43. The summed E-state index contributed by atoms with van der Waals surface area (Å²) in [5.41, 5.74) is 3.84. The number of benzene rings is 4. The van der Waals surface area contributed by atoms with Gasteiger partial charge in [-0.05, 0) is 24.3 Å². The topological polar surface area (TPSA) is 101 Å². The molecule has 0 radical (unpaired) electrons. The van der Waals surface area contributed by atoms with E-state index in [1.54, 1.807) is 42.5 Å². The van der Waals surface area contributed by atoms with Gasteiger partial charge in [-0.3, -0.25) is 0 Å². The molecule has 0 heterocycles. The molecular weight excluding hydrogens is 684 g/mol. The average Bonchev–Trinajstić information content (AvgIpc) is 2.90. The maximum absolute atomic E-state index is 10.9. The zero-order valence-electron chi connectivity index (χ0n) is 20.5. The first-order valence-electron chi connectivity index (χ1n) is 11.1. The number of para-hydroxylation sites is 2. The smallest absolute Gasteiger partial charge is 0.507 e. The predicted octanol–water partition coefficient (Wildman–Crippen LogP) is 6.13. The van der Waals surface area contributed by atoms with E-state index in [4.69, 9.17) is 9.68 Å². The molecule has 210 valence electrons. The van der Waals surface area contributed by atoms with Crippen LogP contribution in [0.25, 0.3) is 0 Å². The van der Waals surface area contributed by atoms with Crippen molar-refractivity contribution < 1.29 is 69.4 Å². The molecule has 0 saturated heterocycles. The van der Waals surface area contributed by atoms with Crippen molar-refractivity contribution in [2.24, 2.45) is 10.3 Å². The Kier molecular flexibility index (Phi) is 17.1. The molecule has 0 aliphatic heterocycles. The summed E-state index contributed by atoms with van der Waals surface area (Å²) >= 11 is 0. The molecule has 39 heavy (non-hydrogen) atoms. The van der Waals surface area contributed by atoms with Crippen molar-refractivity contribution in [3.05, 3.63) is 131 Å². The molecule has 0 bridgehead atoms. The van der Waals surface area contributed by atoms with Gasteiger partial charge in [0, 0.05) is 29.2 Å². The Labute approximate surface area is 260 Å². The van der Waals surface area contributed by atoms with Crippen LogP contribution in [0, 0.1) is 0 Å².